The van der Waals surface area contributed by atoms with Crippen molar-refractivity contribution >= 4 is 22.7 Å². The Hall–Kier alpha value is -2.37. The maximum Gasteiger partial charge on any atom is 0.251 e. The number of H-pyrrole nitrogens is 1. The van der Waals surface area contributed by atoms with Crippen LogP contribution in [0.1, 0.15) is 10.4 Å². The highest BCUT2D eigenvalue weighted by atomic mass is 16.2. The van der Waals surface area contributed by atoms with E-state index in [2.05, 4.69) is 20.8 Å². The number of aromatic nitrogens is 2. The Labute approximate surface area is 97.4 Å². The quantitative estimate of drug-likeness (QED) is 0.698. The van der Waals surface area contributed by atoms with Gasteiger partial charge in [-0.15, -0.1) is 0 Å². The first-order chi connectivity index (χ1) is 8.20. The van der Waals surface area contributed by atoms with Crippen LogP contribution < -0.4 is 10.6 Å². The van der Waals surface area contributed by atoms with Gasteiger partial charge in [0.05, 0.1) is 18.3 Å². The van der Waals surface area contributed by atoms with E-state index in [0.29, 0.717) is 5.56 Å². The molecular formula is C11H12N4O2. The largest absolute Gasteiger partial charge is 0.358 e. The SMILES string of the molecule is CNC(=O)CNC(=O)c1ccc2cn[nH]c2c1. The van der Waals surface area contributed by atoms with Crippen molar-refractivity contribution in [1.29, 1.82) is 0 Å². The van der Waals surface area contributed by atoms with E-state index in [9.17, 15) is 9.59 Å². The van der Waals surface area contributed by atoms with Crippen LogP contribution in [0.2, 0.25) is 0 Å². The number of amides is 2. The molecule has 0 aliphatic rings. The fourth-order valence-electron chi connectivity index (χ4n) is 1.43. The van der Waals surface area contributed by atoms with E-state index in [4.69, 9.17) is 0 Å². The molecule has 0 radical (unpaired) electrons. The molecule has 17 heavy (non-hydrogen) atoms. The van der Waals surface area contributed by atoms with Gasteiger partial charge in [0.25, 0.3) is 5.91 Å². The van der Waals surface area contributed by atoms with Gasteiger partial charge in [-0.25, -0.2) is 0 Å². The molecule has 0 saturated heterocycles. The Morgan fingerprint density at radius 3 is 3.00 bits per heavy atom. The van der Waals surface area contributed by atoms with Gasteiger partial charge in [-0.1, -0.05) is 6.07 Å². The van der Waals surface area contributed by atoms with Crippen molar-refractivity contribution in [2.45, 2.75) is 0 Å². The summed E-state index contributed by atoms with van der Waals surface area (Å²) < 4.78 is 0. The summed E-state index contributed by atoms with van der Waals surface area (Å²) in [5.74, 6) is -0.522. The lowest BCUT2D eigenvalue weighted by molar-refractivity contribution is -0.119. The van der Waals surface area contributed by atoms with E-state index in [1.807, 2.05) is 0 Å². The van der Waals surface area contributed by atoms with E-state index >= 15 is 0 Å². The lowest BCUT2D eigenvalue weighted by Crippen LogP contribution is -2.35. The summed E-state index contributed by atoms with van der Waals surface area (Å²) in [5, 5.41) is 12.5. The molecule has 3 N–H and O–H groups in total. The third-order valence-corrected chi connectivity index (χ3v) is 2.39. The first kappa shape index (κ1) is 11.1. The van der Waals surface area contributed by atoms with Crippen LogP contribution in [0.3, 0.4) is 0 Å². The molecule has 0 fully saturated rings. The third kappa shape index (κ3) is 2.41. The Morgan fingerprint density at radius 1 is 1.41 bits per heavy atom. The zero-order valence-electron chi connectivity index (χ0n) is 9.28. The van der Waals surface area contributed by atoms with Crippen LogP contribution in [0.4, 0.5) is 0 Å². The fourth-order valence-corrected chi connectivity index (χ4v) is 1.43. The standard InChI is InChI=1S/C11H12N4O2/c1-12-10(16)6-13-11(17)7-2-3-8-5-14-15-9(8)4-7/h2-5H,6H2,1H3,(H,12,16)(H,13,17)(H,14,15). The first-order valence-electron chi connectivity index (χ1n) is 5.12. The Bertz CT molecular complexity index is 561. The lowest BCUT2D eigenvalue weighted by Gasteiger charge is -2.04. The zero-order valence-corrected chi connectivity index (χ0v) is 9.28. The summed E-state index contributed by atoms with van der Waals surface area (Å²) in [7, 11) is 1.52. The minimum absolute atomic E-state index is 0.0314. The van der Waals surface area contributed by atoms with Crippen molar-refractivity contribution in [3.05, 3.63) is 30.0 Å². The summed E-state index contributed by atoms with van der Waals surface area (Å²) in [6, 6.07) is 5.19. The van der Waals surface area contributed by atoms with Gasteiger partial charge < -0.3 is 10.6 Å². The number of carbonyl (C=O) groups is 2. The number of benzene rings is 1. The summed E-state index contributed by atoms with van der Waals surface area (Å²) in [6.07, 6.45) is 1.68. The minimum atomic E-state index is -0.287. The molecule has 0 unspecified atom stereocenters. The van der Waals surface area contributed by atoms with Gasteiger partial charge in [0.2, 0.25) is 5.91 Å². The summed E-state index contributed by atoms with van der Waals surface area (Å²) in [5.41, 5.74) is 1.28. The third-order valence-electron chi connectivity index (χ3n) is 2.39. The highest BCUT2D eigenvalue weighted by Gasteiger charge is 2.08. The average molecular weight is 232 g/mol. The molecule has 1 aromatic heterocycles. The Morgan fingerprint density at radius 2 is 2.24 bits per heavy atom. The van der Waals surface area contributed by atoms with Gasteiger partial charge in [0, 0.05) is 18.0 Å². The summed E-state index contributed by atoms with van der Waals surface area (Å²) in [6.45, 7) is -0.0314. The van der Waals surface area contributed by atoms with Crippen molar-refractivity contribution in [3.8, 4) is 0 Å². The second-order valence-corrected chi connectivity index (χ2v) is 3.53. The number of carbonyl (C=O) groups excluding carboxylic acids is 2. The minimum Gasteiger partial charge on any atom is -0.358 e. The second kappa shape index (κ2) is 4.65. The predicted molar refractivity (Wildman–Crippen MR) is 62.5 cm³/mol. The molecule has 0 aliphatic carbocycles. The highest BCUT2D eigenvalue weighted by molar-refractivity contribution is 5.99. The van der Waals surface area contributed by atoms with Gasteiger partial charge in [0.1, 0.15) is 0 Å². The number of rotatable bonds is 3. The van der Waals surface area contributed by atoms with E-state index in [-0.39, 0.29) is 18.4 Å². The Kier molecular flexibility index (Phi) is 3.04. The maximum absolute atomic E-state index is 11.7. The van der Waals surface area contributed by atoms with Crippen LogP contribution in [0.5, 0.6) is 0 Å². The van der Waals surface area contributed by atoms with Crippen molar-refractivity contribution in [1.82, 2.24) is 20.8 Å². The molecule has 0 atom stereocenters. The Balaban J connectivity index is 2.10. The molecule has 2 amide bonds. The summed E-state index contributed by atoms with van der Waals surface area (Å²) in [4.78, 5) is 22.7. The van der Waals surface area contributed by atoms with Crippen molar-refractivity contribution in [3.63, 3.8) is 0 Å². The first-order valence-corrected chi connectivity index (χ1v) is 5.12. The number of nitrogens with zero attached hydrogens (tertiary/aromatic N) is 1. The molecule has 0 bridgehead atoms. The van der Waals surface area contributed by atoms with Crippen LogP contribution in [0.15, 0.2) is 24.4 Å². The molecule has 88 valence electrons. The topological polar surface area (TPSA) is 86.9 Å². The maximum atomic E-state index is 11.7. The second-order valence-electron chi connectivity index (χ2n) is 3.53. The van der Waals surface area contributed by atoms with E-state index in [1.165, 1.54) is 7.05 Å². The fraction of sp³-hybridized carbons (Fsp3) is 0.182. The van der Waals surface area contributed by atoms with Crippen molar-refractivity contribution < 1.29 is 9.59 Å². The molecule has 0 aliphatic heterocycles. The molecule has 1 heterocycles. The van der Waals surface area contributed by atoms with Crippen molar-refractivity contribution in [2.24, 2.45) is 0 Å². The number of nitrogens with one attached hydrogen (secondary N) is 3. The van der Waals surface area contributed by atoms with Crippen molar-refractivity contribution in [2.75, 3.05) is 13.6 Å². The number of likely N-dealkylation sites (N-methyl/N-ethyl adjacent to an activating group) is 1. The van der Waals surface area contributed by atoms with Crippen LogP contribution >= 0.6 is 0 Å². The van der Waals surface area contributed by atoms with Crippen LogP contribution in [-0.4, -0.2) is 35.6 Å². The predicted octanol–water partition coefficient (Wildman–Crippen LogP) is 0.0387. The average Bonchev–Trinajstić information content (AvgIpc) is 2.82. The van der Waals surface area contributed by atoms with Crippen LogP contribution in [-0.2, 0) is 4.79 Å². The smallest absolute Gasteiger partial charge is 0.251 e. The lowest BCUT2D eigenvalue weighted by atomic mass is 10.1. The van der Waals surface area contributed by atoms with Gasteiger partial charge in [-0.2, -0.15) is 5.10 Å². The monoisotopic (exact) mass is 232 g/mol. The van der Waals surface area contributed by atoms with E-state index in [0.717, 1.165) is 10.9 Å². The van der Waals surface area contributed by atoms with Gasteiger partial charge in [-0.05, 0) is 12.1 Å². The normalized spacial score (nSPS) is 10.2. The molecular weight excluding hydrogens is 220 g/mol. The van der Waals surface area contributed by atoms with E-state index in [1.54, 1.807) is 24.4 Å². The molecule has 1 aromatic carbocycles. The number of aromatic amines is 1. The van der Waals surface area contributed by atoms with Crippen LogP contribution in [0, 0.1) is 0 Å². The van der Waals surface area contributed by atoms with Gasteiger partial charge >= 0.3 is 0 Å². The molecule has 2 aromatic rings. The van der Waals surface area contributed by atoms with Gasteiger partial charge in [0.15, 0.2) is 0 Å². The zero-order chi connectivity index (χ0) is 12.3. The number of hydrogen-bond acceptors (Lipinski definition) is 3. The molecule has 2 rings (SSSR count). The molecule has 6 nitrogen and oxygen atoms in total. The summed E-state index contributed by atoms with van der Waals surface area (Å²) >= 11 is 0. The molecule has 0 saturated carbocycles. The molecule has 6 heteroatoms. The van der Waals surface area contributed by atoms with Gasteiger partial charge in [-0.3, -0.25) is 14.7 Å². The highest BCUT2D eigenvalue weighted by Crippen LogP contribution is 2.12. The molecule has 0 spiro atoms. The number of hydrogen-bond donors (Lipinski definition) is 3. The van der Waals surface area contributed by atoms with Crippen LogP contribution in [0.25, 0.3) is 10.9 Å². The number of fused-ring (bicyclic) bond motifs is 1. The van der Waals surface area contributed by atoms with E-state index < -0.39 is 0 Å².